The third-order valence-corrected chi connectivity index (χ3v) is 7.49. The number of amides is 1. The highest BCUT2D eigenvalue weighted by molar-refractivity contribution is 7.18. The molecule has 5 rings (SSSR count). The molecule has 33 heavy (non-hydrogen) atoms. The highest BCUT2D eigenvalue weighted by Crippen LogP contribution is 2.39. The highest BCUT2D eigenvalue weighted by Gasteiger charge is 2.24. The largest absolute Gasteiger partial charge is 0.493 e. The monoisotopic (exact) mass is 463 g/mol. The van der Waals surface area contributed by atoms with Gasteiger partial charge in [-0.3, -0.25) is 14.2 Å². The summed E-state index contributed by atoms with van der Waals surface area (Å²) in [5.41, 5.74) is 1.97. The lowest BCUT2D eigenvalue weighted by Crippen LogP contribution is -2.27. The van der Waals surface area contributed by atoms with Crippen LogP contribution >= 0.6 is 11.3 Å². The van der Waals surface area contributed by atoms with Crippen LogP contribution < -0.4 is 5.56 Å². The Kier molecular flexibility index (Phi) is 5.57. The molecule has 170 valence electrons. The Bertz CT molecular complexity index is 1460. The van der Waals surface area contributed by atoms with E-state index in [1.54, 1.807) is 22.8 Å². The second-order valence-corrected chi connectivity index (χ2v) is 9.49. The van der Waals surface area contributed by atoms with Crippen LogP contribution in [0.2, 0.25) is 0 Å². The van der Waals surface area contributed by atoms with E-state index >= 15 is 0 Å². The molecule has 0 saturated heterocycles. The third kappa shape index (κ3) is 3.56. The molecule has 4 aromatic rings. The minimum Gasteiger partial charge on any atom is -0.493 e. The molecule has 0 unspecified atom stereocenters. The van der Waals surface area contributed by atoms with E-state index in [4.69, 9.17) is 0 Å². The fourth-order valence-electron chi connectivity index (χ4n) is 4.56. The molecule has 0 spiro atoms. The van der Waals surface area contributed by atoms with Crippen molar-refractivity contribution < 1.29 is 9.90 Å². The zero-order valence-corrected chi connectivity index (χ0v) is 19.4. The van der Waals surface area contributed by atoms with Gasteiger partial charge in [-0.2, -0.15) is 0 Å². The van der Waals surface area contributed by atoms with Gasteiger partial charge in [-0.15, -0.1) is 21.6 Å². The molecule has 0 aliphatic heterocycles. The van der Waals surface area contributed by atoms with Gasteiger partial charge >= 0.3 is 0 Å². The molecule has 1 aromatic carbocycles. The number of aromatic nitrogens is 3. The second kappa shape index (κ2) is 8.55. The number of fused-ring (bicyclic) bond motifs is 4. The summed E-state index contributed by atoms with van der Waals surface area (Å²) in [4.78, 5) is 32.6. The van der Waals surface area contributed by atoms with Gasteiger partial charge in [-0.25, -0.2) is 4.98 Å². The molecular weight excluding hydrogens is 438 g/mol. The smallest absolute Gasteiger partial charge is 0.287 e. The molecule has 0 bridgehead atoms. The minimum absolute atomic E-state index is 0.0209. The number of aromatic hydroxyl groups is 1. The topological polar surface area (TPSA) is 102 Å². The number of benzene rings is 1. The molecule has 0 radical (unpaired) electrons. The summed E-state index contributed by atoms with van der Waals surface area (Å²) in [5, 5.41) is 20.0. The summed E-state index contributed by atoms with van der Waals surface area (Å²) in [6.45, 7) is 4.27. The van der Waals surface area contributed by atoms with Gasteiger partial charge in [0.15, 0.2) is 5.69 Å². The van der Waals surface area contributed by atoms with Gasteiger partial charge < -0.3 is 9.67 Å². The number of aryl methyl sites for hydroxylation is 3. The van der Waals surface area contributed by atoms with Crippen molar-refractivity contribution in [1.29, 1.82) is 0 Å². The summed E-state index contributed by atoms with van der Waals surface area (Å²) >= 11 is 1.58. The molecule has 1 amide bonds. The number of thiophene rings is 1. The number of nitrogens with zero attached hydrogens (tertiary/aromatic N) is 5. The number of azo groups is 1. The maximum Gasteiger partial charge on any atom is 0.287 e. The van der Waals surface area contributed by atoms with Crippen LogP contribution in [0.15, 0.2) is 45.6 Å². The number of hydrogen-bond donors (Lipinski definition) is 1. The number of hydrogen-bond acceptors (Lipinski definition) is 6. The van der Waals surface area contributed by atoms with Crippen molar-refractivity contribution in [1.82, 2.24) is 14.1 Å². The predicted molar refractivity (Wildman–Crippen MR) is 129 cm³/mol. The van der Waals surface area contributed by atoms with Crippen LogP contribution in [0, 0.1) is 0 Å². The van der Waals surface area contributed by atoms with E-state index in [1.165, 1.54) is 15.8 Å². The first kappa shape index (κ1) is 21.5. The standard InChI is InChI=1S/C24H25N5O3S/c1-3-12-28-17-10-6-4-8-15(17)20(24(28)32)26-27-21(30)14(2)29-13-25-22-19(23(29)31)16-9-5-7-11-18(16)33-22/h4,6,8,10,13-14,32H,3,5,7,9,11-12H2,1-2H3/t14-/m1/s1. The molecule has 1 aliphatic rings. The molecule has 0 fully saturated rings. The Morgan fingerprint density at radius 1 is 1.27 bits per heavy atom. The van der Waals surface area contributed by atoms with Crippen molar-refractivity contribution in [3.8, 4) is 5.88 Å². The lowest BCUT2D eigenvalue weighted by atomic mass is 9.97. The normalized spacial score (nSPS) is 14.8. The van der Waals surface area contributed by atoms with Crippen molar-refractivity contribution in [3.05, 3.63) is 51.4 Å². The number of carbonyl (C=O) groups excluding carboxylic acids is 1. The fraction of sp³-hybridized carbons (Fsp3) is 0.375. The summed E-state index contributed by atoms with van der Waals surface area (Å²) in [6, 6.07) is 6.62. The Morgan fingerprint density at radius 3 is 2.88 bits per heavy atom. The van der Waals surface area contributed by atoms with Crippen LogP contribution in [0.4, 0.5) is 5.69 Å². The average molecular weight is 464 g/mol. The Morgan fingerprint density at radius 2 is 2.06 bits per heavy atom. The number of para-hydroxylation sites is 1. The summed E-state index contributed by atoms with van der Waals surface area (Å²) < 4.78 is 3.10. The van der Waals surface area contributed by atoms with Crippen molar-refractivity contribution in [2.45, 2.75) is 58.5 Å². The maximum absolute atomic E-state index is 13.2. The van der Waals surface area contributed by atoms with E-state index in [-0.39, 0.29) is 17.1 Å². The van der Waals surface area contributed by atoms with Crippen LogP contribution in [0.3, 0.4) is 0 Å². The molecule has 3 aromatic heterocycles. The van der Waals surface area contributed by atoms with E-state index in [0.29, 0.717) is 11.9 Å². The quantitative estimate of drug-likeness (QED) is 0.407. The molecule has 9 heteroatoms. The first-order valence-electron chi connectivity index (χ1n) is 11.3. The van der Waals surface area contributed by atoms with Gasteiger partial charge in [-0.1, -0.05) is 25.1 Å². The summed E-state index contributed by atoms with van der Waals surface area (Å²) in [7, 11) is 0. The fourth-order valence-corrected chi connectivity index (χ4v) is 5.78. The van der Waals surface area contributed by atoms with Crippen molar-refractivity contribution in [2.75, 3.05) is 0 Å². The van der Waals surface area contributed by atoms with Crippen molar-refractivity contribution in [3.63, 3.8) is 0 Å². The van der Waals surface area contributed by atoms with Gasteiger partial charge in [0.25, 0.3) is 11.5 Å². The van der Waals surface area contributed by atoms with Crippen LogP contribution in [-0.4, -0.2) is 25.1 Å². The zero-order chi connectivity index (χ0) is 23.1. The van der Waals surface area contributed by atoms with Crippen molar-refractivity contribution >= 4 is 44.1 Å². The Balaban J connectivity index is 1.49. The van der Waals surface area contributed by atoms with Crippen molar-refractivity contribution in [2.24, 2.45) is 10.2 Å². The lowest BCUT2D eigenvalue weighted by molar-refractivity contribution is -0.121. The Labute approximate surface area is 194 Å². The van der Waals surface area contributed by atoms with E-state index in [0.717, 1.165) is 53.4 Å². The molecular formula is C24H25N5O3S. The van der Waals surface area contributed by atoms with Crippen LogP contribution in [0.1, 0.15) is 49.6 Å². The highest BCUT2D eigenvalue weighted by atomic mass is 32.1. The van der Waals surface area contributed by atoms with Gasteiger partial charge in [0, 0.05) is 16.8 Å². The third-order valence-electron chi connectivity index (χ3n) is 6.29. The molecule has 3 heterocycles. The minimum atomic E-state index is -0.858. The second-order valence-electron chi connectivity index (χ2n) is 8.40. The van der Waals surface area contributed by atoms with Crippen LogP contribution in [0.25, 0.3) is 21.1 Å². The lowest BCUT2D eigenvalue weighted by Gasteiger charge is -2.12. The van der Waals surface area contributed by atoms with Crippen LogP contribution in [0.5, 0.6) is 5.88 Å². The summed E-state index contributed by atoms with van der Waals surface area (Å²) in [6.07, 6.45) is 6.31. The molecule has 8 nitrogen and oxygen atoms in total. The molecule has 0 saturated carbocycles. The molecule has 1 aliphatic carbocycles. The van der Waals surface area contributed by atoms with E-state index in [9.17, 15) is 14.7 Å². The Hall–Kier alpha value is -3.33. The number of carbonyl (C=O) groups is 1. The maximum atomic E-state index is 13.2. The average Bonchev–Trinajstić information content (AvgIpc) is 3.33. The predicted octanol–water partition coefficient (Wildman–Crippen LogP) is 5.28. The first-order chi connectivity index (χ1) is 16.0. The van der Waals surface area contributed by atoms with E-state index in [2.05, 4.69) is 15.2 Å². The van der Waals surface area contributed by atoms with Gasteiger partial charge in [0.1, 0.15) is 10.9 Å². The van der Waals surface area contributed by atoms with E-state index in [1.807, 2.05) is 31.2 Å². The summed E-state index contributed by atoms with van der Waals surface area (Å²) in [5.74, 6) is -0.596. The molecule has 1 atom stereocenters. The van der Waals surface area contributed by atoms with Crippen LogP contribution in [-0.2, 0) is 24.2 Å². The SMILES string of the molecule is CCCn1c(O)c(N=NC(=O)[C@@H](C)n2cnc3sc4c(c3c2=O)CCCC4)c2ccccc21. The van der Waals surface area contributed by atoms with Gasteiger partial charge in [0.05, 0.1) is 17.2 Å². The first-order valence-corrected chi connectivity index (χ1v) is 12.1. The zero-order valence-electron chi connectivity index (χ0n) is 18.6. The van der Waals surface area contributed by atoms with Gasteiger partial charge in [0.2, 0.25) is 5.88 Å². The van der Waals surface area contributed by atoms with Gasteiger partial charge in [-0.05, 0) is 50.7 Å². The molecule has 1 N–H and O–H groups in total. The number of rotatable bonds is 5. The van der Waals surface area contributed by atoms with E-state index < -0.39 is 11.9 Å².